The third-order valence-electron chi connectivity index (χ3n) is 2.94. The molecule has 1 fully saturated rings. The number of rotatable bonds is 0. The molecule has 1 N–H and O–H groups in total. The zero-order valence-electron chi connectivity index (χ0n) is 7.44. The molecule has 1 rings (SSSR count). The first kappa shape index (κ1) is 8.02. The van der Waals surface area contributed by atoms with Crippen LogP contribution in [0.4, 0.5) is 0 Å². The van der Waals surface area contributed by atoms with E-state index in [1.807, 2.05) is 0 Å². The fraction of sp³-hybridized carbons (Fsp3) is 1.00. The maximum Gasteiger partial charge on any atom is 0.0301 e. The van der Waals surface area contributed by atoms with Crippen LogP contribution in [0.25, 0.3) is 0 Å². The standard InChI is InChI=1S/C8H18N2/c1-7-8(2,3)10(4)6-5-9-7/h7,9H,5-6H2,1-4H3. The third-order valence-corrected chi connectivity index (χ3v) is 2.94. The molecule has 0 amide bonds. The Morgan fingerprint density at radius 1 is 1.50 bits per heavy atom. The summed E-state index contributed by atoms with van der Waals surface area (Å²) < 4.78 is 0. The SMILES string of the molecule is CC1NCCN(C)C1(C)C. The van der Waals surface area contributed by atoms with Gasteiger partial charge in [0.05, 0.1) is 0 Å². The molecule has 1 heterocycles. The number of nitrogens with one attached hydrogen (secondary N) is 1. The zero-order chi connectivity index (χ0) is 7.78. The van der Waals surface area contributed by atoms with Gasteiger partial charge in [-0.1, -0.05) is 0 Å². The van der Waals surface area contributed by atoms with E-state index < -0.39 is 0 Å². The Balaban J connectivity index is 2.63. The average molecular weight is 142 g/mol. The highest BCUT2D eigenvalue weighted by Gasteiger charge is 2.32. The third kappa shape index (κ3) is 1.18. The van der Waals surface area contributed by atoms with Crippen molar-refractivity contribution in [2.24, 2.45) is 0 Å². The van der Waals surface area contributed by atoms with Crippen LogP contribution in [0.3, 0.4) is 0 Å². The second-order valence-corrected chi connectivity index (χ2v) is 3.75. The minimum Gasteiger partial charge on any atom is -0.311 e. The lowest BCUT2D eigenvalue weighted by molar-refractivity contribution is 0.0821. The number of hydrogen-bond donors (Lipinski definition) is 1. The molecule has 0 spiro atoms. The Morgan fingerprint density at radius 3 is 2.50 bits per heavy atom. The second kappa shape index (κ2) is 2.51. The van der Waals surface area contributed by atoms with Crippen LogP contribution in [-0.2, 0) is 0 Å². The van der Waals surface area contributed by atoms with Crippen molar-refractivity contribution in [2.75, 3.05) is 20.1 Å². The maximum absolute atomic E-state index is 3.46. The van der Waals surface area contributed by atoms with E-state index in [4.69, 9.17) is 0 Å². The fourth-order valence-corrected chi connectivity index (χ4v) is 1.32. The summed E-state index contributed by atoms with van der Waals surface area (Å²) in [6.45, 7) is 9.10. The molecule has 10 heavy (non-hydrogen) atoms. The largest absolute Gasteiger partial charge is 0.311 e. The van der Waals surface area contributed by atoms with Gasteiger partial charge in [0, 0.05) is 24.7 Å². The Bertz CT molecular complexity index is 108. The van der Waals surface area contributed by atoms with E-state index in [9.17, 15) is 0 Å². The lowest BCUT2D eigenvalue weighted by atomic mass is 9.92. The summed E-state index contributed by atoms with van der Waals surface area (Å²) in [6.07, 6.45) is 0. The van der Waals surface area contributed by atoms with Crippen LogP contribution in [0, 0.1) is 0 Å². The van der Waals surface area contributed by atoms with Crippen LogP contribution in [0.15, 0.2) is 0 Å². The van der Waals surface area contributed by atoms with Crippen LogP contribution >= 0.6 is 0 Å². The fourth-order valence-electron chi connectivity index (χ4n) is 1.32. The summed E-state index contributed by atoms with van der Waals surface area (Å²) in [7, 11) is 2.19. The molecule has 0 saturated carbocycles. The molecule has 1 saturated heterocycles. The summed E-state index contributed by atoms with van der Waals surface area (Å²) >= 11 is 0. The molecule has 1 aliphatic rings. The highest BCUT2D eigenvalue weighted by Crippen LogP contribution is 2.19. The molecule has 1 unspecified atom stereocenters. The molecule has 1 atom stereocenters. The number of likely N-dealkylation sites (N-methyl/N-ethyl adjacent to an activating group) is 1. The average Bonchev–Trinajstić information content (AvgIpc) is 1.84. The molecular weight excluding hydrogens is 124 g/mol. The van der Waals surface area contributed by atoms with Gasteiger partial charge in [-0.05, 0) is 27.8 Å². The molecule has 0 aliphatic carbocycles. The zero-order valence-corrected chi connectivity index (χ0v) is 7.44. The van der Waals surface area contributed by atoms with Gasteiger partial charge in [0.2, 0.25) is 0 Å². The highest BCUT2D eigenvalue weighted by molar-refractivity contribution is 4.93. The van der Waals surface area contributed by atoms with Gasteiger partial charge in [-0.3, -0.25) is 4.90 Å². The van der Waals surface area contributed by atoms with E-state index in [-0.39, 0.29) is 0 Å². The van der Waals surface area contributed by atoms with E-state index in [1.165, 1.54) is 0 Å². The Morgan fingerprint density at radius 2 is 2.10 bits per heavy atom. The van der Waals surface area contributed by atoms with E-state index in [0.717, 1.165) is 13.1 Å². The van der Waals surface area contributed by atoms with Crippen LogP contribution in [-0.4, -0.2) is 36.6 Å². The lowest BCUT2D eigenvalue weighted by Crippen LogP contribution is -2.61. The van der Waals surface area contributed by atoms with Gasteiger partial charge in [0.25, 0.3) is 0 Å². The van der Waals surface area contributed by atoms with Gasteiger partial charge in [0.1, 0.15) is 0 Å². The van der Waals surface area contributed by atoms with Gasteiger partial charge in [0.15, 0.2) is 0 Å². The van der Waals surface area contributed by atoms with Crippen molar-refractivity contribution in [1.82, 2.24) is 10.2 Å². The highest BCUT2D eigenvalue weighted by atomic mass is 15.2. The maximum atomic E-state index is 3.46. The molecule has 60 valence electrons. The summed E-state index contributed by atoms with van der Waals surface area (Å²) in [5.74, 6) is 0. The topological polar surface area (TPSA) is 15.3 Å². The molecule has 2 heteroatoms. The normalized spacial score (nSPS) is 34.2. The summed E-state index contributed by atoms with van der Waals surface area (Å²) in [5.41, 5.74) is 0.318. The molecular formula is C8H18N2. The number of hydrogen-bond acceptors (Lipinski definition) is 2. The molecule has 0 radical (unpaired) electrons. The predicted molar refractivity (Wildman–Crippen MR) is 44.2 cm³/mol. The van der Waals surface area contributed by atoms with Crippen molar-refractivity contribution in [3.63, 3.8) is 0 Å². The quantitative estimate of drug-likeness (QED) is 0.535. The Hall–Kier alpha value is -0.0800. The van der Waals surface area contributed by atoms with Crippen molar-refractivity contribution in [3.05, 3.63) is 0 Å². The molecule has 0 bridgehead atoms. The van der Waals surface area contributed by atoms with E-state index in [1.54, 1.807) is 0 Å². The van der Waals surface area contributed by atoms with Crippen molar-refractivity contribution in [3.8, 4) is 0 Å². The smallest absolute Gasteiger partial charge is 0.0301 e. The summed E-state index contributed by atoms with van der Waals surface area (Å²) in [4.78, 5) is 2.41. The molecule has 0 aromatic rings. The molecule has 0 aromatic carbocycles. The lowest BCUT2D eigenvalue weighted by Gasteiger charge is -2.45. The molecule has 0 aromatic heterocycles. The summed E-state index contributed by atoms with van der Waals surface area (Å²) in [6, 6.07) is 0.603. The van der Waals surface area contributed by atoms with Gasteiger partial charge in [-0.25, -0.2) is 0 Å². The van der Waals surface area contributed by atoms with Crippen LogP contribution in [0.1, 0.15) is 20.8 Å². The van der Waals surface area contributed by atoms with Crippen LogP contribution in [0.5, 0.6) is 0 Å². The first-order valence-corrected chi connectivity index (χ1v) is 4.00. The number of nitrogens with zero attached hydrogens (tertiary/aromatic N) is 1. The van der Waals surface area contributed by atoms with Crippen molar-refractivity contribution < 1.29 is 0 Å². The van der Waals surface area contributed by atoms with Gasteiger partial charge >= 0.3 is 0 Å². The first-order chi connectivity index (χ1) is 4.55. The minimum absolute atomic E-state index is 0.318. The first-order valence-electron chi connectivity index (χ1n) is 4.00. The van der Waals surface area contributed by atoms with E-state index in [0.29, 0.717) is 11.6 Å². The minimum atomic E-state index is 0.318. The van der Waals surface area contributed by atoms with E-state index >= 15 is 0 Å². The molecule has 2 nitrogen and oxygen atoms in total. The van der Waals surface area contributed by atoms with Gasteiger partial charge < -0.3 is 5.32 Å². The monoisotopic (exact) mass is 142 g/mol. The Labute approximate surface area is 63.6 Å². The number of piperazine rings is 1. The van der Waals surface area contributed by atoms with Gasteiger partial charge in [-0.2, -0.15) is 0 Å². The predicted octanol–water partition coefficient (Wildman–Crippen LogP) is 0.688. The molecule has 1 aliphatic heterocycles. The van der Waals surface area contributed by atoms with Crippen LogP contribution < -0.4 is 5.32 Å². The Kier molecular flexibility index (Phi) is 2.02. The van der Waals surface area contributed by atoms with E-state index in [2.05, 4.69) is 38.0 Å². The van der Waals surface area contributed by atoms with Crippen molar-refractivity contribution in [2.45, 2.75) is 32.4 Å². The summed E-state index contributed by atoms with van der Waals surface area (Å²) in [5, 5.41) is 3.46. The second-order valence-electron chi connectivity index (χ2n) is 3.75. The van der Waals surface area contributed by atoms with Gasteiger partial charge in [-0.15, -0.1) is 0 Å². The van der Waals surface area contributed by atoms with Crippen molar-refractivity contribution in [1.29, 1.82) is 0 Å². The van der Waals surface area contributed by atoms with Crippen molar-refractivity contribution >= 4 is 0 Å². The van der Waals surface area contributed by atoms with Crippen LogP contribution in [0.2, 0.25) is 0 Å².